The van der Waals surface area contributed by atoms with Gasteiger partial charge in [0.25, 0.3) is 0 Å². The van der Waals surface area contributed by atoms with Gasteiger partial charge in [0.05, 0.1) is 5.56 Å². The largest absolute Gasteiger partial charge is 0.469 e. The fourth-order valence-corrected chi connectivity index (χ4v) is 3.57. The fraction of sp³-hybridized carbons (Fsp3) is 0.208. The Morgan fingerprint density at radius 1 is 0.731 bits per heavy atom. The minimum absolute atomic E-state index is 0.0113. The number of carbonyl (C=O) groups is 1. The van der Waals surface area contributed by atoms with Crippen LogP contribution in [0.1, 0.15) is 47.8 Å². The van der Waals surface area contributed by atoms with Crippen LogP contribution in [-0.4, -0.2) is 5.78 Å². The molecule has 1 aliphatic rings. The molecule has 0 bridgehead atoms. The van der Waals surface area contributed by atoms with E-state index >= 15 is 0 Å². The van der Waals surface area contributed by atoms with Gasteiger partial charge >= 0.3 is 0 Å². The van der Waals surface area contributed by atoms with Crippen molar-refractivity contribution in [3.63, 3.8) is 0 Å². The van der Waals surface area contributed by atoms with Crippen molar-refractivity contribution in [1.29, 1.82) is 0 Å². The van der Waals surface area contributed by atoms with E-state index in [2.05, 4.69) is 32.9 Å². The van der Waals surface area contributed by atoms with Crippen molar-refractivity contribution in [3.8, 4) is 5.75 Å². The van der Waals surface area contributed by atoms with Gasteiger partial charge in [-0.1, -0.05) is 87.5 Å². The highest BCUT2D eigenvalue weighted by Gasteiger charge is 2.50. The molecule has 4 rings (SSSR count). The van der Waals surface area contributed by atoms with Crippen LogP contribution in [0.3, 0.4) is 0 Å². The van der Waals surface area contributed by atoms with Crippen LogP contribution >= 0.6 is 0 Å². The second-order valence-corrected chi connectivity index (χ2v) is 7.80. The molecule has 0 aliphatic carbocycles. The van der Waals surface area contributed by atoms with Crippen LogP contribution in [0.5, 0.6) is 5.75 Å². The van der Waals surface area contributed by atoms with Gasteiger partial charge in [-0.25, -0.2) is 0 Å². The molecule has 0 fully saturated rings. The Balaban J connectivity index is 1.91. The van der Waals surface area contributed by atoms with Crippen LogP contribution < -0.4 is 4.74 Å². The lowest BCUT2D eigenvalue weighted by molar-refractivity contribution is 0.0686. The first-order valence-electron chi connectivity index (χ1n) is 8.92. The first-order valence-corrected chi connectivity index (χ1v) is 8.92. The average Bonchev–Trinajstić information content (AvgIpc) is 2.96. The summed E-state index contributed by atoms with van der Waals surface area (Å²) >= 11 is 0. The van der Waals surface area contributed by atoms with Crippen LogP contribution in [0.2, 0.25) is 0 Å². The van der Waals surface area contributed by atoms with Crippen LogP contribution in [0.25, 0.3) is 0 Å². The fourth-order valence-electron chi connectivity index (χ4n) is 3.57. The van der Waals surface area contributed by atoms with Crippen molar-refractivity contribution in [2.45, 2.75) is 31.8 Å². The van der Waals surface area contributed by atoms with Gasteiger partial charge in [0.2, 0.25) is 11.4 Å². The SMILES string of the molecule is CC(C)(C)c1ccc([C@]2(c3ccccc3)Oc3ccccc3C2=O)cc1. The maximum Gasteiger partial charge on any atom is 0.221 e. The minimum Gasteiger partial charge on any atom is -0.469 e. The third-order valence-corrected chi connectivity index (χ3v) is 5.05. The van der Waals surface area contributed by atoms with E-state index in [1.54, 1.807) is 0 Å². The Morgan fingerprint density at radius 2 is 1.31 bits per heavy atom. The second kappa shape index (κ2) is 5.84. The smallest absolute Gasteiger partial charge is 0.221 e. The van der Waals surface area contributed by atoms with Gasteiger partial charge in [0.15, 0.2) is 0 Å². The monoisotopic (exact) mass is 342 g/mol. The molecule has 0 saturated carbocycles. The van der Waals surface area contributed by atoms with Crippen LogP contribution in [0, 0.1) is 0 Å². The highest BCUT2D eigenvalue weighted by molar-refractivity contribution is 6.10. The Hall–Kier alpha value is -2.87. The molecule has 2 nitrogen and oxygen atoms in total. The summed E-state index contributed by atoms with van der Waals surface area (Å²) in [6.07, 6.45) is 0. The molecule has 0 spiro atoms. The quantitative estimate of drug-likeness (QED) is 0.614. The minimum atomic E-state index is -1.12. The van der Waals surface area contributed by atoms with Crippen molar-refractivity contribution >= 4 is 5.78 Å². The second-order valence-electron chi connectivity index (χ2n) is 7.80. The van der Waals surface area contributed by atoms with Crippen LogP contribution in [0.4, 0.5) is 0 Å². The lowest BCUT2D eigenvalue weighted by Crippen LogP contribution is -2.38. The van der Waals surface area contributed by atoms with E-state index in [9.17, 15) is 4.79 Å². The normalized spacial score (nSPS) is 19.1. The molecule has 26 heavy (non-hydrogen) atoms. The highest BCUT2D eigenvalue weighted by atomic mass is 16.5. The molecule has 0 N–H and O–H groups in total. The average molecular weight is 342 g/mol. The Bertz CT molecular complexity index is 950. The molecule has 0 amide bonds. The van der Waals surface area contributed by atoms with Gasteiger partial charge in [-0.2, -0.15) is 0 Å². The van der Waals surface area contributed by atoms with E-state index in [0.717, 1.165) is 11.1 Å². The molecule has 1 aliphatic heterocycles. The molecule has 0 radical (unpaired) electrons. The molecule has 3 aromatic carbocycles. The number of ketones is 1. The van der Waals surface area contributed by atoms with E-state index in [1.165, 1.54) is 5.56 Å². The Morgan fingerprint density at radius 3 is 1.92 bits per heavy atom. The van der Waals surface area contributed by atoms with Crippen molar-refractivity contribution < 1.29 is 9.53 Å². The van der Waals surface area contributed by atoms with E-state index in [4.69, 9.17) is 4.74 Å². The van der Waals surface area contributed by atoms with Crippen molar-refractivity contribution in [2.75, 3.05) is 0 Å². The molecule has 0 aromatic heterocycles. The summed E-state index contributed by atoms with van der Waals surface area (Å²) in [7, 11) is 0. The lowest BCUT2D eigenvalue weighted by Gasteiger charge is -2.29. The van der Waals surface area contributed by atoms with Crippen molar-refractivity contribution in [3.05, 3.63) is 101 Å². The first-order chi connectivity index (χ1) is 12.4. The Kier molecular flexibility index (Phi) is 3.73. The molecule has 130 valence electrons. The molecule has 2 heteroatoms. The first kappa shape index (κ1) is 16.6. The number of Topliss-reactive ketones (excluding diaryl/α,β-unsaturated/α-hetero) is 1. The zero-order valence-electron chi connectivity index (χ0n) is 15.3. The number of rotatable bonds is 2. The number of para-hydroxylation sites is 1. The van der Waals surface area contributed by atoms with Crippen molar-refractivity contribution in [2.24, 2.45) is 0 Å². The van der Waals surface area contributed by atoms with E-state index in [-0.39, 0.29) is 11.2 Å². The molecule has 1 atom stereocenters. The maximum atomic E-state index is 13.5. The molecule has 0 unspecified atom stereocenters. The van der Waals surface area contributed by atoms with Crippen LogP contribution in [0.15, 0.2) is 78.9 Å². The number of hydrogen-bond donors (Lipinski definition) is 0. The van der Waals surface area contributed by atoms with Crippen LogP contribution in [-0.2, 0) is 11.0 Å². The molecule has 3 aromatic rings. The Labute approximate surface area is 154 Å². The van der Waals surface area contributed by atoms with Gasteiger partial charge in [-0.3, -0.25) is 4.79 Å². The number of hydrogen-bond acceptors (Lipinski definition) is 2. The number of fused-ring (bicyclic) bond motifs is 1. The highest BCUT2D eigenvalue weighted by Crippen LogP contribution is 2.45. The summed E-state index contributed by atoms with van der Waals surface area (Å²) in [5.41, 5.74) is 2.51. The van der Waals surface area contributed by atoms with E-state index < -0.39 is 5.60 Å². The van der Waals surface area contributed by atoms with Gasteiger partial charge in [-0.15, -0.1) is 0 Å². The molecule has 1 heterocycles. The topological polar surface area (TPSA) is 26.3 Å². The maximum absolute atomic E-state index is 13.5. The number of carbonyl (C=O) groups excluding carboxylic acids is 1. The summed E-state index contributed by atoms with van der Waals surface area (Å²) in [6, 6.07) is 25.5. The molecule has 0 saturated heterocycles. The van der Waals surface area contributed by atoms with Crippen molar-refractivity contribution in [1.82, 2.24) is 0 Å². The summed E-state index contributed by atoms with van der Waals surface area (Å²) < 4.78 is 6.35. The molecular weight excluding hydrogens is 320 g/mol. The third-order valence-electron chi connectivity index (χ3n) is 5.05. The zero-order chi connectivity index (χ0) is 18.4. The number of benzene rings is 3. The summed E-state index contributed by atoms with van der Waals surface area (Å²) in [5.74, 6) is 0.629. The third kappa shape index (κ3) is 2.45. The lowest BCUT2D eigenvalue weighted by atomic mass is 9.79. The predicted octanol–water partition coefficient (Wildman–Crippen LogP) is 5.50. The summed E-state index contributed by atoms with van der Waals surface area (Å²) in [6.45, 7) is 6.55. The van der Waals surface area contributed by atoms with Gasteiger partial charge in [-0.05, 0) is 23.1 Å². The summed E-state index contributed by atoms with van der Waals surface area (Å²) in [5, 5.41) is 0. The van der Waals surface area contributed by atoms with E-state index in [1.807, 2.05) is 66.7 Å². The molecular formula is C24H22O2. The van der Waals surface area contributed by atoms with Gasteiger partial charge < -0.3 is 4.74 Å². The van der Waals surface area contributed by atoms with Gasteiger partial charge in [0.1, 0.15) is 5.75 Å². The zero-order valence-corrected chi connectivity index (χ0v) is 15.3. The standard InChI is InChI=1S/C24H22O2/c1-23(2,3)17-13-15-19(16-14-17)24(18-9-5-4-6-10-18)22(25)20-11-7-8-12-21(20)26-24/h4-16H,1-3H3/t24-/m0/s1. The number of ether oxygens (including phenoxy) is 1. The van der Waals surface area contributed by atoms with Gasteiger partial charge in [0, 0.05) is 11.1 Å². The van der Waals surface area contributed by atoms with E-state index in [0.29, 0.717) is 11.3 Å². The predicted molar refractivity (Wildman–Crippen MR) is 104 cm³/mol. The summed E-state index contributed by atoms with van der Waals surface area (Å²) in [4.78, 5) is 13.5.